The summed E-state index contributed by atoms with van der Waals surface area (Å²) >= 11 is 0. The second-order valence-electron chi connectivity index (χ2n) is 6.87. The van der Waals surface area contributed by atoms with Crippen LogP contribution in [-0.4, -0.2) is 34.4 Å². The van der Waals surface area contributed by atoms with Crippen LogP contribution >= 0.6 is 0 Å². The van der Waals surface area contributed by atoms with Crippen molar-refractivity contribution < 1.29 is 9.15 Å². The summed E-state index contributed by atoms with van der Waals surface area (Å²) in [5.41, 5.74) is 3.82. The fourth-order valence-electron chi connectivity index (χ4n) is 3.36. The van der Waals surface area contributed by atoms with E-state index in [0.29, 0.717) is 5.92 Å². The van der Waals surface area contributed by atoms with Gasteiger partial charge in [-0.2, -0.15) is 5.10 Å². The van der Waals surface area contributed by atoms with E-state index in [0.717, 1.165) is 45.3 Å². The third-order valence-electron chi connectivity index (χ3n) is 4.81. The number of fused-ring (bicyclic) bond motifs is 1. The summed E-state index contributed by atoms with van der Waals surface area (Å²) in [5, 5.41) is 4.79. The maximum absolute atomic E-state index is 5.99. The Labute approximate surface area is 137 Å². The van der Waals surface area contributed by atoms with Gasteiger partial charge in [0.15, 0.2) is 0 Å². The van der Waals surface area contributed by atoms with Gasteiger partial charge in [-0.05, 0) is 31.7 Å². The van der Waals surface area contributed by atoms with Crippen molar-refractivity contribution in [2.24, 2.45) is 5.92 Å². The lowest BCUT2D eigenvalue weighted by Crippen LogP contribution is -2.34. The molecule has 1 fully saturated rings. The summed E-state index contributed by atoms with van der Waals surface area (Å²) < 4.78 is 13.2. The number of ether oxygens (including phenoxy) is 1. The minimum Gasteiger partial charge on any atom is -0.472 e. The summed E-state index contributed by atoms with van der Waals surface area (Å²) in [7, 11) is 0. The highest BCUT2D eigenvalue weighted by Crippen LogP contribution is 2.31. The summed E-state index contributed by atoms with van der Waals surface area (Å²) in [5.74, 6) is 1.19. The van der Waals surface area contributed by atoms with E-state index in [2.05, 4.69) is 22.7 Å². The van der Waals surface area contributed by atoms with Gasteiger partial charge >= 0.3 is 0 Å². The molecule has 1 atom stereocenters. The molecule has 0 amide bonds. The molecule has 1 saturated carbocycles. The van der Waals surface area contributed by atoms with Crippen LogP contribution in [0.5, 0.6) is 0 Å². The molecule has 1 aliphatic heterocycles. The molecular weight excluding hydrogens is 290 g/mol. The molecule has 0 radical (unpaired) electrons. The largest absolute Gasteiger partial charge is 0.472 e. The van der Waals surface area contributed by atoms with Gasteiger partial charge < -0.3 is 9.15 Å². The Bertz CT molecular complexity index is 631. The third-order valence-corrected chi connectivity index (χ3v) is 4.81. The Kier molecular flexibility index (Phi) is 4.23. The standard InChI is InChI=1S/C18H25N3O2/c1-2-21-10-16-8-20(7-15-5-6-22-12-15)9-17(18(16)19-21)13-23-11-14-3-4-14/h5-6,10,12,14,17H,2-4,7-9,11,13H2,1H3/t17-/m1/s1. The second-order valence-corrected chi connectivity index (χ2v) is 6.87. The predicted octanol–water partition coefficient (Wildman–Crippen LogP) is 3.02. The molecule has 0 spiro atoms. The van der Waals surface area contributed by atoms with Crippen molar-refractivity contribution in [3.63, 3.8) is 0 Å². The van der Waals surface area contributed by atoms with E-state index in [1.807, 2.05) is 12.3 Å². The van der Waals surface area contributed by atoms with Gasteiger partial charge in [0.05, 0.1) is 24.8 Å². The minimum absolute atomic E-state index is 0.372. The first-order valence-corrected chi connectivity index (χ1v) is 8.69. The lowest BCUT2D eigenvalue weighted by atomic mass is 9.97. The number of aromatic nitrogens is 2. The highest BCUT2D eigenvalue weighted by molar-refractivity contribution is 5.25. The molecule has 5 heteroatoms. The molecule has 2 aliphatic rings. The average molecular weight is 315 g/mol. The Morgan fingerprint density at radius 1 is 1.35 bits per heavy atom. The predicted molar refractivity (Wildman–Crippen MR) is 87.0 cm³/mol. The van der Waals surface area contributed by atoms with Crippen LogP contribution in [0.25, 0.3) is 0 Å². The van der Waals surface area contributed by atoms with Gasteiger partial charge in [0.2, 0.25) is 0 Å². The normalized spacial score (nSPS) is 21.5. The van der Waals surface area contributed by atoms with Crippen molar-refractivity contribution in [1.29, 1.82) is 0 Å². The van der Waals surface area contributed by atoms with Crippen LogP contribution in [0.15, 0.2) is 29.2 Å². The number of hydrogen-bond donors (Lipinski definition) is 0. The van der Waals surface area contributed by atoms with Gasteiger partial charge in [0.1, 0.15) is 0 Å². The van der Waals surface area contributed by atoms with E-state index in [4.69, 9.17) is 14.3 Å². The number of furan rings is 1. The van der Waals surface area contributed by atoms with Crippen LogP contribution in [-0.2, 0) is 24.4 Å². The second kappa shape index (κ2) is 6.49. The first-order chi connectivity index (χ1) is 11.3. The average Bonchev–Trinajstić information content (AvgIpc) is 3.06. The molecule has 124 valence electrons. The SMILES string of the molecule is CCn1cc2c(n1)[C@@H](COCC1CC1)CN(Cc1ccoc1)C2. The molecule has 0 aromatic carbocycles. The molecule has 0 bridgehead atoms. The van der Waals surface area contributed by atoms with E-state index in [1.54, 1.807) is 6.26 Å². The summed E-state index contributed by atoms with van der Waals surface area (Å²) in [6, 6.07) is 2.05. The Hall–Kier alpha value is -1.59. The van der Waals surface area contributed by atoms with Crippen LogP contribution in [0.2, 0.25) is 0 Å². The number of nitrogens with zero attached hydrogens (tertiary/aromatic N) is 3. The Balaban J connectivity index is 1.46. The van der Waals surface area contributed by atoms with Crippen LogP contribution in [0.1, 0.15) is 42.5 Å². The maximum atomic E-state index is 5.99. The van der Waals surface area contributed by atoms with Crippen molar-refractivity contribution in [2.45, 2.75) is 45.3 Å². The van der Waals surface area contributed by atoms with Gasteiger partial charge in [-0.15, -0.1) is 0 Å². The summed E-state index contributed by atoms with van der Waals surface area (Å²) in [4.78, 5) is 2.47. The molecule has 0 saturated heterocycles. The molecule has 4 rings (SSSR count). The number of rotatable bonds is 7. The highest BCUT2D eigenvalue weighted by atomic mass is 16.5. The first-order valence-electron chi connectivity index (χ1n) is 8.69. The topological polar surface area (TPSA) is 43.4 Å². The quantitative estimate of drug-likeness (QED) is 0.788. The molecule has 0 unspecified atom stereocenters. The fraction of sp³-hybridized carbons (Fsp3) is 0.611. The minimum atomic E-state index is 0.372. The molecular formula is C18H25N3O2. The Morgan fingerprint density at radius 3 is 3.00 bits per heavy atom. The number of aryl methyl sites for hydroxylation is 1. The maximum Gasteiger partial charge on any atom is 0.0947 e. The molecule has 3 heterocycles. The molecule has 23 heavy (non-hydrogen) atoms. The zero-order chi connectivity index (χ0) is 15.6. The van der Waals surface area contributed by atoms with Gasteiger partial charge in [-0.1, -0.05) is 0 Å². The van der Waals surface area contributed by atoms with E-state index >= 15 is 0 Å². The van der Waals surface area contributed by atoms with Crippen molar-refractivity contribution >= 4 is 0 Å². The van der Waals surface area contributed by atoms with E-state index in [9.17, 15) is 0 Å². The van der Waals surface area contributed by atoms with Crippen molar-refractivity contribution in [3.05, 3.63) is 41.6 Å². The van der Waals surface area contributed by atoms with Crippen LogP contribution < -0.4 is 0 Å². The highest BCUT2D eigenvalue weighted by Gasteiger charge is 2.29. The van der Waals surface area contributed by atoms with Crippen molar-refractivity contribution in [3.8, 4) is 0 Å². The zero-order valence-corrected chi connectivity index (χ0v) is 13.8. The van der Waals surface area contributed by atoms with E-state index < -0.39 is 0 Å². The number of hydrogen-bond acceptors (Lipinski definition) is 4. The van der Waals surface area contributed by atoms with Gasteiger partial charge in [0, 0.05) is 56.0 Å². The molecule has 2 aromatic rings. The van der Waals surface area contributed by atoms with Crippen molar-refractivity contribution in [1.82, 2.24) is 14.7 Å². The summed E-state index contributed by atoms with van der Waals surface area (Å²) in [6.45, 7) is 7.65. The smallest absolute Gasteiger partial charge is 0.0947 e. The van der Waals surface area contributed by atoms with Crippen LogP contribution in [0, 0.1) is 5.92 Å². The monoisotopic (exact) mass is 315 g/mol. The van der Waals surface area contributed by atoms with Crippen molar-refractivity contribution in [2.75, 3.05) is 19.8 Å². The molecule has 1 aliphatic carbocycles. The molecule has 0 N–H and O–H groups in total. The fourth-order valence-corrected chi connectivity index (χ4v) is 3.36. The molecule has 2 aromatic heterocycles. The van der Waals surface area contributed by atoms with E-state index in [-0.39, 0.29) is 0 Å². The van der Waals surface area contributed by atoms with Crippen LogP contribution in [0.4, 0.5) is 0 Å². The Morgan fingerprint density at radius 2 is 2.26 bits per heavy atom. The third kappa shape index (κ3) is 3.51. The van der Waals surface area contributed by atoms with Gasteiger partial charge in [-0.3, -0.25) is 9.58 Å². The lowest BCUT2D eigenvalue weighted by molar-refractivity contribution is 0.0881. The molecule has 5 nitrogen and oxygen atoms in total. The zero-order valence-electron chi connectivity index (χ0n) is 13.8. The van der Waals surface area contributed by atoms with Gasteiger partial charge in [-0.25, -0.2) is 0 Å². The van der Waals surface area contributed by atoms with E-state index in [1.165, 1.54) is 29.7 Å². The van der Waals surface area contributed by atoms with Crippen LogP contribution in [0.3, 0.4) is 0 Å². The lowest BCUT2D eigenvalue weighted by Gasteiger charge is -2.31. The summed E-state index contributed by atoms with van der Waals surface area (Å²) in [6.07, 6.45) is 8.46. The van der Waals surface area contributed by atoms with Gasteiger partial charge in [0.25, 0.3) is 0 Å². The first kappa shape index (κ1) is 15.0.